The summed E-state index contributed by atoms with van der Waals surface area (Å²) in [6, 6.07) is 15.2. The number of rotatable bonds is 9. The van der Waals surface area contributed by atoms with E-state index in [2.05, 4.69) is 17.4 Å². The number of carbonyl (C=O) groups excluding carboxylic acids is 2. The smallest absolute Gasteiger partial charge is 0.407 e. The highest BCUT2D eigenvalue weighted by Crippen LogP contribution is 2.44. The first-order chi connectivity index (χ1) is 16.9. The monoisotopic (exact) mass is 498 g/mol. The Kier molecular flexibility index (Phi) is 7.97. The number of nitrogens with one attached hydrogen (secondary N) is 1. The maximum absolute atomic E-state index is 12.8. The maximum Gasteiger partial charge on any atom is 0.407 e. The van der Waals surface area contributed by atoms with E-state index >= 15 is 0 Å². The zero-order valence-electron chi connectivity index (χ0n) is 19.6. The second-order valence-corrected chi connectivity index (χ2v) is 10.0. The fourth-order valence-electron chi connectivity index (χ4n) is 4.79. The summed E-state index contributed by atoms with van der Waals surface area (Å²) in [5, 5.41) is 22.1. The van der Waals surface area contributed by atoms with Crippen molar-refractivity contribution < 1.29 is 29.3 Å². The molecule has 0 saturated carbocycles. The van der Waals surface area contributed by atoms with E-state index in [0.717, 1.165) is 28.7 Å². The third kappa shape index (κ3) is 5.46. The van der Waals surface area contributed by atoms with Crippen molar-refractivity contribution in [1.82, 2.24) is 10.2 Å². The number of hydrogen-bond donors (Lipinski definition) is 3. The zero-order valence-corrected chi connectivity index (χ0v) is 20.4. The van der Waals surface area contributed by atoms with Gasteiger partial charge in [-0.15, -0.1) is 11.8 Å². The molecule has 1 aliphatic carbocycles. The van der Waals surface area contributed by atoms with Gasteiger partial charge in [-0.2, -0.15) is 0 Å². The molecular weight excluding hydrogens is 468 g/mol. The van der Waals surface area contributed by atoms with E-state index in [0.29, 0.717) is 12.2 Å². The third-order valence-corrected chi connectivity index (χ3v) is 7.79. The molecule has 186 valence electrons. The Morgan fingerprint density at radius 1 is 1.11 bits per heavy atom. The SMILES string of the molecule is CCCC1SCC(C(=O)O)N1C(=O)CC(O)CNC(=O)OCC1c2ccccc2-c2ccccc21. The van der Waals surface area contributed by atoms with Crippen LogP contribution in [0.3, 0.4) is 0 Å². The number of nitrogens with zero attached hydrogens (tertiary/aromatic N) is 1. The van der Waals surface area contributed by atoms with Gasteiger partial charge in [0.15, 0.2) is 0 Å². The van der Waals surface area contributed by atoms with Crippen LogP contribution in [0.15, 0.2) is 48.5 Å². The van der Waals surface area contributed by atoms with Crippen LogP contribution >= 0.6 is 11.8 Å². The highest BCUT2D eigenvalue weighted by molar-refractivity contribution is 8.00. The van der Waals surface area contributed by atoms with Crippen molar-refractivity contribution in [3.8, 4) is 11.1 Å². The second-order valence-electron chi connectivity index (χ2n) is 8.80. The molecular formula is C26H30N2O6S. The lowest BCUT2D eigenvalue weighted by Gasteiger charge is -2.28. The van der Waals surface area contributed by atoms with Crippen LogP contribution < -0.4 is 5.32 Å². The summed E-state index contributed by atoms with van der Waals surface area (Å²) in [6.45, 7) is 1.96. The summed E-state index contributed by atoms with van der Waals surface area (Å²) >= 11 is 1.45. The van der Waals surface area contributed by atoms with Crippen molar-refractivity contribution in [3.05, 3.63) is 59.7 Å². The van der Waals surface area contributed by atoms with Crippen LogP contribution in [-0.4, -0.2) is 69.5 Å². The minimum atomic E-state index is -1.15. The summed E-state index contributed by atoms with van der Waals surface area (Å²) in [5.74, 6) is -1.21. The molecule has 1 fully saturated rings. The molecule has 3 atom stereocenters. The van der Waals surface area contributed by atoms with Crippen molar-refractivity contribution in [2.75, 3.05) is 18.9 Å². The number of aliphatic carboxylic acids is 1. The Hall–Kier alpha value is -3.04. The van der Waals surface area contributed by atoms with Crippen LogP contribution in [0.25, 0.3) is 11.1 Å². The van der Waals surface area contributed by atoms with Gasteiger partial charge in [-0.3, -0.25) is 4.79 Å². The van der Waals surface area contributed by atoms with E-state index in [4.69, 9.17) is 4.74 Å². The molecule has 1 saturated heterocycles. The average molecular weight is 499 g/mol. The number of carboxylic acids is 1. The van der Waals surface area contributed by atoms with Crippen LogP contribution in [0.2, 0.25) is 0 Å². The third-order valence-electron chi connectivity index (χ3n) is 6.44. The quantitative estimate of drug-likeness (QED) is 0.485. The lowest BCUT2D eigenvalue weighted by atomic mass is 9.98. The molecule has 0 radical (unpaired) electrons. The van der Waals surface area contributed by atoms with Gasteiger partial charge in [-0.25, -0.2) is 9.59 Å². The first-order valence-electron chi connectivity index (χ1n) is 11.8. The molecule has 0 spiro atoms. The molecule has 4 rings (SSSR count). The molecule has 0 bridgehead atoms. The molecule has 3 N–H and O–H groups in total. The van der Waals surface area contributed by atoms with Crippen molar-refractivity contribution >= 4 is 29.7 Å². The van der Waals surface area contributed by atoms with Crippen molar-refractivity contribution in [3.63, 3.8) is 0 Å². The number of alkyl carbamates (subject to hydrolysis) is 1. The molecule has 3 unspecified atom stereocenters. The van der Waals surface area contributed by atoms with E-state index in [1.165, 1.54) is 16.7 Å². The number of ether oxygens (including phenoxy) is 1. The van der Waals surface area contributed by atoms with Gasteiger partial charge >= 0.3 is 12.1 Å². The lowest BCUT2D eigenvalue weighted by Crippen LogP contribution is -2.47. The first kappa shape index (κ1) is 25.1. The first-order valence-corrected chi connectivity index (χ1v) is 12.9. The van der Waals surface area contributed by atoms with Gasteiger partial charge in [0, 0.05) is 18.2 Å². The number of thioether (sulfide) groups is 1. The van der Waals surface area contributed by atoms with Gasteiger partial charge < -0.3 is 25.2 Å². The van der Waals surface area contributed by atoms with Gasteiger partial charge in [0.2, 0.25) is 5.91 Å². The molecule has 2 aromatic rings. The number of benzene rings is 2. The normalized spacial score (nSPS) is 19.7. The largest absolute Gasteiger partial charge is 0.480 e. The van der Waals surface area contributed by atoms with E-state index in [-0.39, 0.29) is 30.9 Å². The fourth-order valence-corrected chi connectivity index (χ4v) is 6.32. The van der Waals surface area contributed by atoms with E-state index in [9.17, 15) is 24.6 Å². The summed E-state index contributed by atoms with van der Waals surface area (Å²) < 4.78 is 5.45. The Labute approximate surface area is 208 Å². The summed E-state index contributed by atoms with van der Waals surface area (Å²) in [6.07, 6.45) is -0.588. The zero-order chi connectivity index (χ0) is 24.9. The molecule has 2 aromatic carbocycles. The lowest BCUT2D eigenvalue weighted by molar-refractivity contribution is -0.150. The molecule has 1 aliphatic heterocycles. The predicted molar refractivity (Wildman–Crippen MR) is 133 cm³/mol. The van der Waals surface area contributed by atoms with Crippen molar-refractivity contribution in [1.29, 1.82) is 0 Å². The Morgan fingerprint density at radius 2 is 1.74 bits per heavy atom. The summed E-state index contributed by atoms with van der Waals surface area (Å²) in [5.41, 5.74) is 4.47. The number of hydrogen-bond acceptors (Lipinski definition) is 6. The molecule has 1 heterocycles. The molecule has 2 amide bonds. The molecule has 35 heavy (non-hydrogen) atoms. The molecule has 9 heteroatoms. The Balaban J connectivity index is 1.28. The number of amides is 2. The van der Waals surface area contributed by atoms with Crippen LogP contribution in [-0.2, 0) is 14.3 Å². The number of carbonyl (C=O) groups is 3. The number of fused-ring (bicyclic) bond motifs is 3. The number of carboxylic acid groups (broad SMARTS) is 1. The van der Waals surface area contributed by atoms with Gasteiger partial charge in [0.1, 0.15) is 12.6 Å². The van der Waals surface area contributed by atoms with Crippen molar-refractivity contribution in [2.45, 2.75) is 49.6 Å². The van der Waals surface area contributed by atoms with Gasteiger partial charge in [-0.05, 0) is 28.7 Å². The molecule has 2 aliphatic rings. The van der Waals surface area contributed by atoms with Crippen LogP contribution in [0.1, 0.15) is 43.2 Å². The Bertz CT molecular complexity index is 1050. The van der Waals surface area contributed by atoms with Crippen molar-refractivity contribution in [2.24, 2.45) is 0 Å². The summed E-state index contributed by atoms with van der Waals surface area (Å²) in [7, 11) is 0. The highest BCUT2D eigenvalue weighted by atomic mass is 32.2. The van der Waals surface area contributed by atoms with Gasteiger partial charge in [0.05, 0.1) is 17.9 Å². The minimum absolute atomic E-state index is 0.0734. The number of aliphatic hydroxyl groups is 1. The molecule has 0 aromatic heterocycles. The van der Waals surface area contributed by atoms with Gasteiger partial charge in [0.25, 0.3) is 0 Å². The van der Waals surface area contributed by atoms with Gasteiger partial charge in [-0.1, -0.05) is 61.9 Å². The average Bonchev–Trinajstić information content (AvgIpc) is 3.41. The fraction of sp³-hybridized carbons (Fsp3) is 0.423. The van der Waals surface area contributed by atoms with E-state index in [1.807, 2.05) is 43.3 Å². The Morgan fingerprint density at radius 3 is 2.34 bits per heavy atom. The topological polar surface area (TPSA) is 116 Å². The van der Waals surface area contributed by atoms with Crippen LogP contribution in [0.5, 0.6) is 0 Å². The van der Waals surface area contributed by atoms with Crippen LogP contribution in [0, 0.1) is 0 Å². The standard InChI is InChI=1S/C26H30N2O6S/c1-2-7-24-28(22(15-35-24)25(31)32)23(30)12-16(29)13-27-26(33)34-14-21-19-10-5-3-8-17(19)18-9-4-6-11-20(18)21/h3-6,8-11,16,21-22,24,29H,2,7,12-15H2,1H3,(H,27,33)(H,31,32). The van der Waals surface area contributed by atoms with Crippen LogP contribution in [0.4, 0.5) is 4.79 Å². The van der Waals surface area contributed by atoms with E-state index in [1.54, 1.807) is 0 Å². The maximum atomic E-state index is 12.8. The van der Waals surface area contributed by atoms with E-state index < -0.39 is 30.1 Å². The minimum Gasteiger partial charge on any atom is -0.480 e. The predicted octanol–water partition coefficient (Wildman–Crippen LogP) is 3.43. The number of aliphatic hydroxyl groups excluding tert-OH is 1. The second kappa shape index (κ2) is 11.1. The summed E-state index contributed by atoms with van der Waals surface area (Å²) in [4.78, 5) is 38.0. The molecule has 8 nitrogen and oxygen atoms in total. The highest BCUT2D eigenvalue weighted by Gasteiger charge is 2.41.